The molecule has 2 aromatic carbocycles. The van der Waals surface area contributed by atoms with E-state index in [1.807, 2.05) is 0 Å². The molecule has 7 nitrogen and oxygen atoms in total. The molecule has 0 unspecified atom stereocenters. The first-order chi connectivity index (χ1) is 11.5. The molecule has 0 spiro atoms. The summed E-state index contributed by atoms with van der Waals surface area (Å²) in [5, 5.41) is 16.5. The number of Topliss-reactive ketones (excluding diaryl/α,β-unsaturated/α-hetero) is 1. The van der Waals surface area contributed by atoms with Gasteiger partial charge in [0.1, 0.15) is 10.7 Å². The predicted octanol–water partition coefficient (Wildman–Crippen LogP) is 3.22. The number of hydrogen-bond acceptors (Lipinski definition) is 5. The largest absolute Gasteiger partial charge is 0.351 e. The highest BCUT2D eigenvalue weighted by Crippen LogP contribution is 2.42. The van der Waals surface area contributed by atoms with Crippen molar-refractivity contribution in [1.82, 2.24) is 0 Å². The van der Waals surface area contributed by atoms with Gasteiger partial charge in [-0.3, -0.25) is 19.7 Å². The van der Waals surface area contributed by atoms with Gasteiger partial charge in [0.25, 0.3) is 11.6 Å². The van der Waals surface area contributed by atoms with Crippen LogP contribution in [0.1, 0.15) is 15.9 Å². The smallest absolute Gasteiger partial charge is 0.288 e. The molecule has 0 radical (unpaired) electrons. The second kappa shape index (κ2) is 4.90. The number of carbonyl (C=O) groups is 2. The SMILES string of the molecule is O=C1Nc2cc(Cl)c([N+](=O)[O-])cc2/C1=C1/Nc2ccccc2C1=O. The highest BCUT2D eigenvalue weighted by molar-refractivity contribution is 6.40. The van der Waals surface area contributed by atoms with Crippen LogP contribution in [0.3, 0.4) is 0 Å². The fourth-order valence-corrected chi connectivity index (χ4v) is 3.09. The minimum Gasteiger partial charge on any atom is -0.351 e. The summed E-state index contributed by atoms with van der Waals surface area (Å²) in [4.78, 5) is 35.4. The molecule has 8 heteroatoms. The van der Waals surface area contributed by atoms with E-state index in [0.717, 1.165) is 0 Å². The molecule has 0 fully saturated rings. The topological polar surface area (TPSA) is 101 Å². The van der Waals surface area contributed by atoms with Gasteiger partial charge in [0.05, 0.1) is 16.2 Å². The van der Waals surface area contributed by atoms with E-state index in [2.05, 4.69) is 10.6 Å². The van der Waals surface area contributed by atoms with Crippen LogP contribution in [-0.4, -0.2) is 16.6 Å². The van der Waals surface area contributed by atoms with Crippen LogP contribution in [0.4, 0.5) is 17.1 Å². The molecule has 24 heavy (non-hydrogen) atoms. The van der Waals surface area contributed by atoms with Gasteiger partial charge in [0, 0.05) is 22.9 Å². The fourth-order valence-electron chi connectivity index (χ4n) is 2.86. The van der Waals surface area contributed by atoms with E-state index < -0.39 is 10.8 Å². The number of halogens is 1. The minimum absolute atomic E-state index is 0.0750. The molecule has 2 aliphatic rings. The quantitative estimate of drug-likeness (QED) is 0.471. The van der Waals surface area contributed by atoms with Gasteiger partial charge in [0.15, 0.2) is 0 Å². The Labute approximate surface area is 140 Å². The fraction of sp³-hybridized carbons (Fsp3) is 0. The number of anilines is 2. The summed E-state index contributed by atoms with van der Waals surface area (Å²) in [6.45, 7) is 0. The maximum Gasteiger partial charge on any atom is 0.288 e. The second-order valence-electron chi connectivity index (χ2n) is 5.31. The lowest BCUT2D eigenvalue weighted by Gasteiger charge is -2.04. The summed E-state index contributed by atoms with van der Waals surface area (Å²) in [7, 11) is 0. The molecule has 2 aromatic rings. The van der Waals surface area contributed by atoms with E-state index in [0.29, 0.717) is 16.9 Å². The van der Waals surface area contributed by atoms with Crippen LogP contribution in [0.15, 0.2) is 42.1 Å². The Kier molecular flexibility index (Phi) is 2.94. The molecular weight excluding hydrogens is 334 g/mol. The van der Waals surface area contributed by atoms with Crippen LogP contribution >= 0.6 is 11.6 Å². The van der Waals surface area contributed by atoms with E-state index in [4.69, 9.17) is 11.6 Å². The Morgan fingerprint density at radius 1 is 1.00 bits per heavy atom. The van der Waals surface area contributed by atoms with E-state index >= 15 is 0 Å². The highest BCUT2D eigenvalue weighted by Gasteiger charge is 2.36. The van der Waals surface area contributed by atoms with Crippen molar-refractivity contribution in [3.05, 3.63) is 68.4 Å². The number of nitrogens with one attached hydrogen (secondary N) is 2. The summed E-state index contributed by atoms with van der Waals surface area (Å²) in [6, 6.07) is 9.37. The van der Waals surface area contributed by atoms with Crippen molar-refractivity contribution in [3.8, 4) is 0 Å². The lowest BCUT2D eigenvalue weighted by Crippen LogP contribution is -2.11. The molecule has 0 saturated carbocycles. The molecule has 1 amide bonds. The van der Waals surface area contributed by atoms with Gasteiger partial charge in [0.2, 0.25) is 5.78 Å². The number of allylic oxidation sites excluding steroid dienone is 1. The molecular formula is C16H8ClN3O4. The number of amides is 1. The zero-order valence-corrected chi connectivity index (χ0v) is 12.7. The third-order valence-corrected chi connectivity index (χ3v) is 4.24. The number of para-hydroxylation sites is 1. The van der Waals surface area contributed by atoms with E-state index in [9.17, 15) is 19.7 Å². The van der Waals surface area contributed by atoms with Crippen LogP contribution in [0, 0.1) is 10.1 Å². The van der Waals surface area contributed by atoms with Crippen LogP contribution in [-0.2, 0) is 4.79 Å². The number of nitro benzene ring substituents is 1. The van der Waals surface area contributed by atoms with Crippen molar-refractivity contribution in [2.24, 2.45) is 0 Å². The minimum atomic E-state index is -0.633. The summed E-state index contributed by atoms with van der Waals surface area (Å²) < 4.78 is 0. The number of carbonyl (C=O) groups excluding carboxylic acids is 2. The second-order valence-corrected chi connectivity index (χ2v) is 5.72. The van der Waals surface area contributed by atoms with Gasteiger partial charge in [-0.15, -0.1) is 0 Å². The van der Waals surface area contributed by atoms with Crippen LogP contribution in [0.25, 0.3) is 5.57 Å². The summed E-state index contributed by atoms with van der Waals surface area (Å²) in [5.41, 5.74) is 1.51. The predicted molar refractivity (Wildman–Crippen MR) is 88.1 cm³/mol. The molecule has 4 rings (SSSR count). The van der Waals surface area contributed by atoms with Crippen molar-refractivity contribution < 1.29 is 14.5 Å². The number of nitro groups is 1. The van der Waals surface area contributed by atoms with E-state index in [-0.39, 0.29) is 33.3 Å². The maximum absolute atomic E-state index is 12.6. The van der Waals surface area contributed by atoms with Crippen LogP contribution in [0.2, 0.25) is 5.02 Å². The van der Waals surface area contributed by atoms with Crippen LogP contribution in [0.5, 0.6) is 0 Å². The number of nitrogens with zero attached hydrogens (tertiary/aromatic N) is 1. The molecule has 118 valence electrons. The number of ketones is 1. The third kappa shape index (κ3) is 1.92. The lowest BCUT2D eigenvalue weighted by molar-refractivity contribution is -0.384. The van der Waals surface area contributed by atoms with E-state index in [1.165, 1.54) is 12.1 Å². The normalized spacial score (nSPS) is 18.0. The van der Waals surface area contributed by atoms with Crippen molar-refractivity contribution in [2.45, 2.75) is 0 Å². The van der Waals surface area contributed by atoms with Gasteiger partial charge >= 0.3 is 0 Å². The zero-order valence-electron chi connectivity index (χ0n) is 11.9. The molecule has 2 aliphatic heterocycles. The first-order valence-corrected chi connectivity index (χ1v) is 7.30. The number of benzene rings is 2. The van der Waals surface area contributed by atoms with Crippen molar-refractivity contribution >= 4 is 45.9 Å². The van der Waals surface area contributed by atoms with Gasteiger partial charge < -0.3 is 10.6 Å². The average Bonchev–Trinajstić information content (AvgIpc) is 3.02. The Morgan fingerprint density at radius 2 is 1.75 bits per heavy atom. The molecule has 0 bridgehead atoms. The molecule has 0 saturated heterocycles. The third-order valence-electron chi connectivity index (χ3n) is 3.94. The van der Waals surface area contributed by atoms with Crippen molar-refractivity contribution in [1.29, 1.82) is 0 Å². The molecule has 0 atom stereocenters. The Morgan fingerprint density at radius 3 is 2.46 bits per heavy atom. The lowest BCUT2D eigenvalue weighted by atomic mass is 10.0. The molecule has 0 aromatic heterocycles. The molecule has 0 aliphatic carbocycles. The van der Waals surface area contributed by atoms with Crippen LogP contribution < -0.4 is 10.6 Å². The molecule has 2 N–H and O–H groups in total. The number of rotatable bonds is 1. The summed E-state index contributed by atoms with van der Waals surface area (Å²) in [6.07, 6.45) is 0. The average molecular weight is 342 g/mol. The first kappa shape index (κ1) is 14.4. The Hall–Kier alpha value is -3.19. The van der Waals surface area contributed by atoms with E-state index in [1.54, 1.807) is 24.3 Å². The highest BCUT2D eigenvalue weighted by atomic mass is 35.5. The maximum atomic E-state index is 12.6. The summed E-state index contributed by atoms with van der Waals surface area (Å²) >= 11 is 5.87. The van der Waals surface area contributed by atoms with Gasteiger partial charge in [-0.2, -0.15) is 0 Å². The van der Waals surface area contributed by atoms with Crippen molar-refractivity contribution in [2.75, 3.05) is 10.6 Å². The Balaban J connectivity index is 1.94. The monoisotopic (exact) mass is 341 g/mol. The van der Waals surface area contributed by atoms with Gasteiger partial charge in [-0.05, 0) is 18.2 Å². The standard InChI is InChI=1S/C16H8ClN3O4/c17-9-6-11-8(5-12(9)20(23)24)13(16(22)19-11)14-15(21)7-3-1-2-4-10(7)18-14/h1-6,18H,(H,19,22)/b14-13-. The number of fused-ring (bicyclic) bond motifs is 2. The summed E-state index contributed by atoms with van der Waals surface area (Å²) in [5.74, 6) is -0.841. The Bertz CT molecular complexity index is 997. The number of hydrogen-bond donors (Lipinski definition) is 2. The molecule has 2 heterocycles. The zero-order chi connectivity index (χ0) is 17.0. The van der Waals surface area contributed by atoms with Gasteiger partial charge in [-0.25, -0.2) is 0 Å². The van der Waals surface area contributed by atoms with Crippen molar-refractivity contribution in [3.63, 3.8) is 0 Å². The van der Waals surface area contributed by atoms with Gasteiger partial charge in [-0.1, -0.05) is 23.7 Å². The first-order valence-electron chi connectivity index (χ1n) is 6.92.